The van der Waals surface area contributed by atoms with Crippen LogP contribution in [0, 0.1) is 6.92 Å². The molecule has 0 aliphatic heterocycles. The molecule has 0 spiro atoms. The van der Waals surface area contributed by atoms with Crippen LogP contribution in [0.15, 0.2) is 24.4 Å². The number of carbonyl (C=O) groups excluding carboxylic acids is 1. The van der Waals surface area contributed by atoms with Crippen LogP contribution < -0.4 is 11.1 Å². The summed E-state index contributed by atoms with van der Waals surface area (Å²) in [7, 11) is 1.84. The van der Waals surface area contributed by atoms with Crippen molar-refractivity contribution in [2.75, 3.05) is 5.73 Å². The minimum absolute atomic E-state index is 0. The molecule has 1 unspecified atom stereocenters. The van der Waals surface area contributed by atoms with E-state index in [2.05, 4.69) is 10.4 Å². The molecule has 0 saturated heterocycles. The molecule has 2 aromatic rings. The third kappa shape index (κ3) is 2.95. The van der Waals surface area contributed by atoms with E-state index in [0.29, 0.717) is 5.56 Å². The SMILES string of the molecule is Cc1c(C(=O)NC2CCCc3cc(N)ccc32)cnn1C.Cl. The number of halogens is 1. The van der Waals surface area contributed by atoms with Crippen LogP contribution in [0.3, 0.4) is 0 Å². The molecule has 1 heterocycles. The fourth-order valence-corrected chi connectivity index (χ4v) is 2.94. The zero-order valence-electron chi connectivity index (χ0n) is 12.8. The largest absolute Gasteiger partial charge is 0.399 e. The maximum atomic E-state index is 12.4. The maximum absolute atomic E-state index is 12.4. The van der Waals surface area contributed by atoms with Crippen molar-refractivity contribution in [2.24, 2.45) is 7.05 Å². The van der Waals surface area contributed by atoms with Crippen molar-refractivity contribution in [3.63, 3.8) is 0 Å². The average molecular weight is 321 g/mol. The third-order valence-electron chi connectivity index (χ3n) is 4.27. The molecule has 0 radical (unpaired) electrons. The number of carbonyl (C=O) groups is 1. The number of hydrogen-bond acceptors (Lipinski definition) is 3. The first kappa shape index (κ1) is 16.4. The summed E-state index contributed by atoms with van der Waals surface area (Å²) >= 11 is 0. The van der Waals surface area contributed by atoms with E-state index in [1.807, 2.05) is 32.2 Å². The van der Waals surface area contributed by atoms with Gasteiger partial charge in [-0.1, -0.05) is 6.07 Å². The van der Waals surface area contributed by atoms with Gasteiger partial charge in [0.25, 0.3) is 5.91 Å². The standard InChI is InChI=1S/C16H20N4O.ClH/c1-10-14(9-18-20(10)2)16(21)19-15-5-3-4-11-8-12(17)6-7-13(11)15;/h6-9,15H,3-5,17H2,1-2H3,(H,19,21);1H. The van der Waals surface area contributed by atoms with Crippen LogP contribution in [0.25, 0.3) is 0 Å². The Morgan fingerprint density at radius 2 is 2.23 bits per heavy atom. The summed E-state index contributed by atoms with van der Waals surface area (Å²) in [6.45, 7) is 1.90. The summed E-state index contributed by atoms with van der Waals surface area (Å²) in [5.74, 6) is -0.0599. The Hall–Kier alpha value is -2.01. The number of hydrogen-bond donors (Lipinski definition) is 2. The summed E-state index contributed by atoms with van der Waals surface area (Å²) in [5.41, 5.74) is 10.6. The lowest BCUT2D eigenvalue weighted by Gasteiger charge is -2.26. The predicted octanol–water partition coefficient (Wildman–Crippen LogP) is 2.54. The first-order valence-corrected chi connectivity index (χ1v) is 7.24. The average Bonchev–Trinajstić information content (AvgIpc) is 2.79. The highest BCUT2D eigenvalue weighted by Crippen LogP contribution is 2.31. The van der Waals surface area contributed by atoms with Crippen LogP contribution in [-0.4, -0.2) is 15.7 Å². The second kappa shape index (κ2) is 6.40. The number of rotatable bonds is 2. The van der Waals surface area contributed by atoms with Crippen LogP contribution in [0.1, 0.15) is 46.1 Å². The summed E-state index contributed by atoms with van der Waals surface area (Å²) in [6, 6.07) is 6.01. The minimum atomic E-state index is -0.0599. The van der Waals surface area contributed by atoms with E-state index in [1.54, 1.807) is 10.9 Å². The van der Waals surface area contributed by atoms with Gasteiger partial charge < -0.3 is 11.1 Å². The third-order valence-corrected chi connectivity index (χ3v) is 4.27. The zero-order valence-corrected chi connectivity index (χ0v) is 13.6. The lowest BCUT2D eigenvalue weighted by molar-refractivity contribution is 0.0932. The van der Waals surface area contributed by atoms with Crippen molar-refractivity contribution < 1.29 is 4.79 Å². The maximum Gasteiger partial charge on any atom is 0.255 e. The number of nitrogens with two attached hydrogens (primary N) is 1. The Bertz CT molecular complexity index is 695. The smallest absolute Gasteiger partial charge is 0.255 e. The molecule has 3 rings (SSSR count). The van der Waals surface area contributed by atoms with Gasteiger partial charge in [0.2, 0.25) is 0 Å². The van der Waals surface area contributed by atoms with Crippen molar-refractivity contribution in [1.82, 2.24) is 15.1 Å². The number of nitrogen functional groups attached to an aromatic ring is 1. The van der Waals surface area contributed by atoms with E-state index in [-0.39, 0.29) is 24.4 Å². The highest BCUT2D eigenvalue weighted by Gasteiger charge is 2.23. The molecule has 22 heavy (non-hydrogen) atoms. The van der Waals surface area contributed by atoms with E-state index in [9.17, 15) is 4.79 Å². The van der Waals surface area contributed by atoms with Crippen LogP contribution in [-0.2, 0) is 13.5 Å². The molecule has 1 aliphatic rings. The minimum Gasteiger partial charge on any atom is -0.399 e. The molecule has 6 heteroatoms. The van der Waals surface area contributed by atoms with Crippen LogP contribution in [0.5, 0.6) is 0 Å². The Kier molecular flexibility index (Phi) is 4.76. The molecule has 0 fully saturated rings. The van der Waals surface area contributed by atoms with Gasteiger partial charge in [0, 0.05) is 18.4 Å². The number of nitrogens with one attached hydrogen (secondary N) is 1. The zero-order chi connectivity index (χ0) is 15.0. The topological polar surface area (TPSA) is 72.9 Å². The molecule has 5 nitrogen and oxygen atoms in total. The summed E-state index contributed by atoms with van der Waals surface area (Å²) in [6.07, 6.45) is 4.67. The van der Waals surface area contributed by atoms with Gasteiger partial charge in [-0.2, -0.15) is 5.10 Å². The fourth-order valence-electron chi connectivity index (χ4n) is 2.94. The molecule has 0 saturated carbocycles. The number of benzene rings is 1. The molecule has 1 atom stereocenters. The normalized spacial score (nSPS) is 16.5. The van der Waals surface area contributed by atoms with E-state index in [1.165, 1.54) is 11.1 Å². The Morgan fingerprint density at radius 1 is 1.45 bits per heavy atom. The van der Waals surface area contributed by atoms with Gasteiger partial charge in [-0.15, -0.1) is 12.4 Å². The van der Waals surface area contributed by atoms with E-state index < -0.39 is 0 Å². The monoisotopic (exact) mass is 320 g/mol. The van der Waals surface area contributed by atoms with Crippen molar-refractivity contribution in [2.45, 2.75) is 32.2 Å². The Morgan fingerprint density at radius 3 is 2.91 bits per heavy atom. The van der Waals surface area contributed by atoms with Gasteiger partial charge in [-0.25, -0.2) is 0 Å². The van der Waals surface area contributed by atoms with Crippen LogP contribution in [0.4, 0.5) is 5.69 Å². The molecule has 1 aromatic carbocycles. The number of anilines is 1. The molecule has 1 aromatic heterocycles. The number of fused-ring (bicyclic) bond motifs is 1. The van der Waals surface area contributed by atoms with Crippen LogP contribution in [0.2, 0.25) is 0 Å². The highest BCUT2D eigenvalue weighted by molar-refractivity contribution is 5.95. The van der Waals surface area contributed by atoms with Crippen LogP contribution >= 0.6 is 12.4 Å². The summed E-state index contributed by atoms with van der Waals surface area (Å²) < 4.78 is 1.71. The molecule has 1 aliphatic carbocycles. The Balaban J connectivity index is 0.00000176. The molecule has 3 N–H and O–H groups in total. The van der Waals surface area contributed by atoms with Gasteiger partial charge >= 0.3 is 0 Å². The van der Waals surface area contributed by atoms with E-state index in [4.69, 9.17) is 5.73 Å². The van der Waals surface area contributed by atoms with Gasteiger partial charge in [-0.05, 0) is 49.4 Å². The first-order chi connectivity index (χ1) is 10.1. The van der Waals surface area contributed by atoms with Gasteiger partial charge in [-0.3, -0.25) is 9.48 Å². The lowest BCUT2D eigenvalue weighted by Crippen LogP contribution is -2.31. The fraction of sp³-hybridized carbons (Fsp3) is 0.375. The number of aryl methyl sites for hydroxylation is 2. The molecular weight excluding hydrogens is 300 g/mol. The van der Waals surface area contributed by atoms with Gasteiger partial charge in [0.1, 0.15) is 0 Å². The lowest BCUT2D eigenvalue weighted by atomic mass is 9.87. The second-order valence-electron chi connectivity index (χ2n) is 5.64. The molecular formula is C16H21ClN4O. The number of amides is 1. The number of aromatic nitrogens is 2. The van der Waals surface area contributed by atoms with E-state index in [0.717, 1.165) is 30.6 Å². The molecule has 118 valence electrons. The van der Waals surface area contributed by atoms with Gasteiger partial charge in [0.05, 0.1) is 17.8 Å². The quantitative estimate of drug-likeness (QED) is 0.835. The first-order valence-electron chi connectivity index (χ1n) is 7.24. The summed E-state index contributed by atoms with van der Waals surface area (Å²) in [5, 5.41) is 7.26. The molecule has 1 amide bonds. The van der Waals surface area contributed by atoms with Crippen molar-refractivity contribution >= 4 is 24.0 Å². The van der Waals surface area contributed by atoms with E-state index >= 15 is 0 Å². The second-order valence-corrected chi connectivity index (χ2v) is 5.64. The summed E-state index contributed by atoms with van der Waals surface area (Å²) in [4.78, 5) is 12.4. The highest BCUT2D eigenvalue weighted by atomic mass is 35.5. The Labute approximate surface area is 136 Å². The molecule has 0 bridgehead atoms. The predicted molar refractivity (Wildman–Crippen MR) is 89.2 cm³/mol. The van der Waals surface area contributed by atoms with Crippen molar-refractivity contribution in [1.29, 1.82) is 0 Å². The van der Waals surface area contributed by atoms with Gasteiger partial charge in [0.15, 0.2) is 0 Å². The number of nitrogens with zero attached hydrogens (tertiary/aromatic N) is 2. The van der Waals surface area contributed by atoms with Crippen molar-refractivity contribution in [3.05, 3.63) is 46.8 Å². The van der Waals surface area contributed by atoms with Crippen molar-refractivity contribution in [3.8, 4) is 0 Å².